The number of pyridine rings is 1. The van der Waals surface area contributed by atoms with Gasteiger partial charge >= 0.3 is 0 Å². The standard InChI is InChI=1S/C15H18N2O2/c1-19-14-2-3-15(18)13(10-14)11-17-9-6-12-4-7-16-8-5-12/h2-5,7-8,10,17-18H,6,9,11H2,1H3. The van der Waals surface area contributed by atoms with Crippen LogP contribution >= 0.6 is 0 Å². The molecule has 0 radical (unpaired) electrons. The van der Waals surface area contributed by atoms with Crippen LogP contribution in [0.5, 0.6) is 11.5 Å². The van der Waals surface area contributed by atoms with Crippen LogP contribution in [-0.4, -0.2) is 23.7 Å². The zero-order valence-electron chi connectivity index (χ0n) is 11.0. The number of ether oxygens (including phenoxy) is 1. The Labute approximate surface area is 113 Å². The molecule has 0 fully saturated rings. The molecule has 0 aliphatic heterocycles. The van der Waals surface area contributed by atoms with E-state index in [9.17, 15) is 5.11 Å². The molecule has 0 bridgehead atoms. The lowest BCUT2D eigenvalue weighted by Crippen LogP contribution is -2.16. The minimum atomic E-state index is 0.289. The van der Waals surface area contributed by atoms with Crippen LogP contribution in [0.25, 0.3) is 0 Å². The molecule has 0 aliphatic rings. The molecule has 100 valence electrons. The van der Waals surface area contributed by atoms with Crippen molar-refractivity contribution >= 4 is 0 Å². The molecule has 1 aromatic carbocycles. The zero-order chi connectivity index (χ0) is 13.5. The van der Waals surface area contributed by atoms with E-state index in [2.05, 4.69) is 10.3 Å². The fourth-order valence-electron chi connectivity index (χ4n) is 1.84. The van der Waals surface area contributed by atoms with Crippen molar-refractivity contribution in [2.75, 3.05) is 13.7 Å². The first-order valence-corrected chi connectivity index (χ1v) is 6.25. The molecular formula is C15H18N2O2. The highest BCUT2D eigenvalue weighted by Crippen LogP contribution is 2.22. The van der Waals surface area contributed by atoms with Gasteiger partial charge in [-0.1, -0.05) is 0 Å². The number of aromatic nitrogens is 1. The van der Waals surface area contributed by atoms with Crippen LogP contribution in [0, 0.1) is 0 Å². The molecule has 2 N–H and O–H groups in total. The van der Waals surface area contributed by atoms with E-state index in [4.69, 9.17) is 4.74 Å². The monoisotopic (exact) mass is 258 g/mol. The second-order valence-electron chi connectivity index (χ2n) is 4.28. The van der Waals surface area contributed by atoms with E-state index in [0.717, 1.165) is 24.3 Å². The second-order valence-corrected chi connectivity index (χ2v) is 4.28. The molecule has 0 saturated carbocycles. The molecule has 2 rings (SSSR count). The third-order valence-corrected chi connectivity index (χ3v) is 2.94. The van der Waals surface area contributed by atoms with Gasteiger partial charge in [-0.2, -0.15) is 0 Å². The van der Waals surface area contributed by atoms with Crippen molar-refractivity contribution in [2.24, 2.45) is 0 Å². The summed E-state index contributed by atoms with van der Waals surface area (Å²) in [5.41, 5.74) is 2.09. The fourth-order valence-corrected chi connectivity index (χ4v) is 1.84. The van der Waals surface area contributed by atoms with E-state index in [0.29, 0.717) is 6.54 Å². The highest BCUT2D eigenvalue weighted by Gasteiger charge is 2.02. The number of aromatic hydroxyl groups is 1. The topological polar surface area (TPSA) is 54.4 Å². The minimum absolute atomic E-state index is 0.289. The van der Waals surface area contributed by atoms with Crippen LogP contribution in [0.3, 0.4) is 0 Å². The average Bonchev–Trinajstić information content (AvgIpc) is 2.46. The van der Waals surface area contributed by atoms with Gasteiger partial charge < -0.3 is 15.2 Å². The van der Waals surface area contributed by atoms with Crippen molar-refractivity contribution in [3.05, 3.63) is 53.9 Å². The molecule has 1 heterocycles. The second kappa shape index (κ2) is 6.75. The predicted molar refractivity (Wildman–Crippen MR) is 74.3 cm³/mol. The zero-order valence-corrected chi connectivity index (χ0v) is 11.0. The van der Waals surface area contributed by atoms with Gasteiger partial charge in [0.1, 0.15) is 11.5 Å². The highest BCUT2D eigenvalue weighted by atomic mass is 16.5. The Kier molecular flexibility index (Phi) is 4.75. The summed E-state index contributed by atoms with van der Waals surface area (Å²) in [4.78, 5) is 3.98. The lowest BCUT2D eigenvalue weighted by molar-refractivity contribution is 0.410. The summed E-state index contributed by atoms with van der Waals surface area (Å²) in [6, 6.07) is 9.25. The van der Waals surface area contributed by atoms with Crippen LogP contribution in [0.4, 0.5) is 0 Å². The molecule has 0 unspecified atom stereocenters. The maximum absolute atomic E-state index is 9.74. The van der Waals surface area contributed by atoms with Crippen molar-refractivity contribution in [3.63, 3.8) is 0 Å². The smallest absolute Gasteiger partial charge is 0.120 e. The molecular weight excluding hydrogens is 240 g/mol. The van der Waals surface area contributed by atoms with E-state index >= 15 is 0 Å². The van der Waals surface area contributed by atoms with Gasteiger partial charge in [-0.25, -0.2) is 0 Å². The quantitative estimate of drug-likeness (QED) is 0.779. The molecule has 0 aliphatic carbocycles. The van der Waals surface area contributed by atoms with E-state index < -0.39 is 0 Å². The van der Waals surface area contributed by atoms with E-state index in [1.54, 1.807) is 31.6 Å². The molecule has 0 saturated heterocycles. The third kappa shape index (κ3) is 3.96. The normalized spacial score (nSPS) is 10.4. The average molecular weight is 258 g/mol. The summed E-state index contributed by atoms with van der Waals surface area (Å²) < 4.78 is 5.14. The van der Waals surface area contributed by atoms with Crippen LogP contribution in [0.15, 0.2) is 42.7 Å². The van der Waals surface area contributed by atoms with Gasteiger partial charge in [0.25, 0.3) is 0 Å². The SMILES string of the molecule is COc1ccc(O)c(CNCCc2ccncc2)c1. The number of hydrogen-bond donors (Lipinski definition) is 2. The summed E-state index contributed by atoms with van der Waals surface area (Å²) in [7, 11) is 1.62. The first-order chi connectivity index (χ1) is 9.29. The van der Waals surface area contributed by atoms with Gasteiger partial charge in [-0.05, 0) is 48.9 Å². The fraction of sp³-hybridized carbons (Fsp3) is 0.267. The van der Waals surface area contributed by atoms with Crippen molar-refractivity contribution in [1.29, 1.82) is 0 Å². The number of phenolic OH excluding ortho intramolecular Hbond substituents is 1. The van der Waals surface area contributed by atoms with Gasteiger partial charge in [0.15, 0.2) is 0 Å². The van der Waals surface area contributed by atoms with Crippen molar-refractivity contribution in [3.8, 4) is 11.5 Å². The number of nitrogens with one attached hydrogen (secondary N) is 1. The number of methoxy groups -OCH3 is 1. The van der Waals surface area contributed by atoms with Gasteiger partial charge in [0, 0.05) is 24.5 Å². The lowest BCUT2D eigenvalue weighted by Gasteiger charge is -2.08. The summed E-state index contributed by atoms with van der Waals surface area (Å²) in [6.07, 6.45) is 4.53. The van der Waals surface area contributed by atoms with Crippen LogP contribution in [0.2, 0.25) is 0 Å². The number of rotatable bonds is 6. The molecule has 4 heteroatoms. The van der Waals surface area contributed by atoms with E-state index in [-0.39, 0.29) is 5.75 Å². The van der Waals surface area contributed by atoms with Gasteiger partial charge in [-0.3, -0.25) is 4.98 Å². The number of benzene rings is 1. The molecule has 1 aromatic heterocycles. The predicted octanol–water partition coefficient (Wildman–Crippen LogP) is 2.13. The number of phenols is 1. The van der Waals surface area contributed by atoms with Gasteiger partial charge in [-0.15, -0.1) is 0 Å². The molecule has 19 heavy (non-hydrogen) atoms. The molecule has 2 aromatic rings. The Hall–Kier alpha value is -2.07. The summed E-state index contributed by atoms with van der Waals surface area (Å²) in [5.74, 6) is 1.04. The van der Waals surface area contributed by atoms with Crippen LogP contribution in [0.1, 0.15) is 11.1 Å². The van der Waals surface area contributed by atoms with E-state index in [1.807, 2.05) is 18.2 Å². The molecule has 0 atom stereocenters. The number of hydrogen-bond acceptors (Lipinski definition) is 4. The van der Waals surface area contributed by atoms with Gasteiger partial charge in [0.2, 0.25) is 0 Å². The first-order valence-electron chi connectivity index (χ1n) is 6.25. The van der Waals surface area contributed by atoms with Crippen molar-refractivity contribution in [1.82, 2.24) is 10.3 Å². The Morgan fingerprint density at radius 3 is 2.74 bits per heavy atom. The van der Waals surface area contributed by atoms with Crippen LogP contribution < -0.4 is 10.1 Å². The van der Waals surface area contributed by atoms with Crippen molar-refractivity contribution < 1.29 is 9.84 Å². The number of nitrogens with zero attached hydrogens (tertiary/aromatic N) is 1. The van der Waals surface area contributed by atoms with Crippen LogP contribution in [-0.2, 0) is 13.0 Å². The Balaban J connectivity index is 1.82. The first kappa shape index (κ1) is 13.4. The molecule has 0 amide bonds. The molecule has 4 nitrogen and oxygen atoms in total. The summed E-state index contributed by atoms with van der Waals surface area (Å²) in [5, 5.41) is 13.0. The van der Waals surface area contributed by atoms with E-state index in [1.165, 1.54) is 5.56 Å². The summed E-state index contributed by atoms with van der Waals surface area (Å²) in [6.45, 7) is 1.47. The third-order valence-electron chi connectivity index (χ3n) is 2.94. The van der Waals surface area contributed by atoms with Gasteiger partial charge in [0.05, 0.1) is 7.11 Å². The Morgan fingerprint density at radius 2 is 2.00 bits per heavy atom. The minimum Gasteiger partial charge on any atom is -0.508 e. The largest absolute Gasteiger partial charge is 0.508 e. The van der Waals surface area contributed by atoms with Crippen molar-refractivity contribution in [2.45, 2.75) is 13.0 Å². The Morgan fingerprint density at radius 1 is 1.21 bits per heavy atom. The maximum atomic E-state index is 9.74. The highest BCUT2D eigenvalue weighted by molar-refractivity contribution is 5.39. The Bertz CT molecular complexity index is 515. The maximum Gasteiger partial charge on any atom is 0.120 e. The lowest BCUT2D eigenvalue weighted by atomic mass is 10.1. The summed E-state index contributed by atoms with van der Waals surface area (Å²) >= 11 is 0. The molecule has 0 spiro atoms.